The lowest BCUT2D eigenvalue weighted by Gasteiger charge is -2.10. The van der Waals surface area contributed by atoms with E-state index in [9.17, 15) is 0 Å². The molecule has 2 heterocycles. The first-order valence-electron chi connectivity index (χ1n) is 7.65. The molecule has 1 aliphatic rings. The van der Waals surface area contributed by atoms with Gasteiger partial charge in [-0.1, -0.05) is 18.3 Å². The lowest BCUT2D eigenvalue weighted by atomic mass is 10.1. The van der Waals surface area contributed by atoms with E-state index >= 15 is 0 Å². The number of thiocarbonyl (C=S) groups is 2. The standard InChI is InChI=1S/C18H17NO4S2/c1-4-19-17(24)15(23-18(19)25)10-11-8-9-14(22-11)16-12(20-2)6-5-7-13(16)21-3/h5-10H,4H2,1-3H3/b15-10+. The fourth-order valence-corrected chi connectivity index (χ4v) is 3.24. The molecule has 0 aliphatic carbocycles. The molecule has 3 rings (SSSR count). The second-order valence-corrected chi connectivity index (χ2v) is 5.90. The highest BCUT2D eigenvalue weighted by atomic mass is 32.1. The first-order chi connectivity index (χ1) is 12.1. The third kappa shape index (κ3) is 3.25. The molecule has 130 valence electrons. The van der Waals surface area contributed by atoms with E-state index in [1.165, 1.54) is 0 Å². The number of methoxy groups -OCH3 is 2. The van der Waals surface area contributed by atoms with Gasteiger partial charge in [0.05, 0.1) is 14.2 Å². The summed E-state index contributed by atoms with van der Waals surface area (Å²) in [5.41, 5.74) is 0.748. The van der Waals surface area contributed by atoms with E-state index in [0.717, 1.165) is 5.56 Å². The van der Waals surface area contributed by atoms with Crippen molar-refractivity contribution < 1.29 is 18.6 Å². The predicted octanol–water partition coefficient (Wildman–Crippen LogP) is 4.27. The Labute approximate surface area is 156 Å². The summed E-state index contributed by atoms with van der Waals surface area (Å²) < 4.78 is 22.3. The van der Waals surface area contributed by atoms with Gasteiger partial charge in [0.25, 0.3) is 5.17 Å². The lowest BCUT2D eigenvalue weighted by molar-refractivity contribution is 0.394. The van der Waals surface area contributed by atoms with Gasteiger partial charge in [0.15, 0.2) is 10.7 Å². The zero-order valence-electron chi connectivity index (χ0n) is 14.1. The van der Waals surface area contributed by atoms with Crippen molar-refractivity contribution in [3.63, 3.8) is 0 Å². The first-order valence-corrected chi connectivity index (χ1v) is 8.47. The summed E-state index contributed by atoms with van der Waals surface area (Å²) in [6.45, 7) is 2.63. The van der Waals surface area contributed by atoms with Crippen molar-refractivity contribution in [1.82, 2.24) is 4.90 Å². The summed E-state index contributed by atoms with van der Waals surface area (Å²) >= 11 is 10.5. The van der Waals surface area contributed by atoms with Crippen LogP contribution in [0.5, 0.6) is 11.5 Å². The predicted molar refractivity (Wildman–Crippen MR) is 104 cm³/mol. The molecule has 0 amide bonds. The van der Waals surface area contributed by atoms with Crippen LogP contribution in [-0.4, -0.2) is 35.8 Å². The minimum atomic E-state index is 0.358. The average Bonchev–Trinajstić information content (AvgIpc) is 3.18. The van der Waals surface area contributed by atoms with Crippen LogP contribution in [-0.2, 0) is 4.74 Å². The third-order valence-electron chi connectivity index (χ3n) is 3.76. The Morgan fingerprint density at radius 2 is 1.76 bits per heavy atom. The lowest BCUT2D eigenvalue weighted by Crippen LogP contribution is -2.26. The summed E-state index contributed by atoms with van der Waals surface area (Å²) in [6.07, 6.45) is 1.73. The molecule has 7 heteroatoms. The molecular weight excluding hydrogens is 358 g/mol. The van der Waals surface area contributed by atoms with Crippen molar-refractivity contribution in [3.8, 4) is 22.8 Å². The van der Waals surface area contributed by atoms with Crippen LogP contribution in [0.4, 0.5) is 0 Å². The second kappa shape index (κ2) is 7.25. The van der Waals surface area contributed by atoms with E-state index in [2.05, 4.69) is 0 Å². The van der Waals surface area contributed by atoms with E-state index in [4.69, 9.17) is 43.1 Å². The molecule has 0 bridgehead atoms. The van der Waals surface area contributed by atoms with Gasteiger partial charge in [-0.05, 0) is 43.4 Å². The van der Waals surface area contributed by atoms with Gasteiger partial charge in [-0.2, -0.15) is 0 Å². The van der Waals surface area contributed by atoms with Crippen LogP contribution < -0.4 is 9.47 Å². The zero-order chi connectivity index (χ0) is 18.0. The summed E-state index contributed by atoms with van der Waals surface area (Å²) in [5, 5.41) is 0.358. The fourth-order valence-electron chi connectivity index (χ4n) is 2.56. The largest absolute Gasteiger partial charge is 0.496 e. The van der Waals surface area contributed by atoms with Gasteiger partial charge < -0.3 is 18.6 Å². The third-order valence-corrected chi connectivity index (χ3v) is 4.49. The van der Waals surface area contributed by atoms with Crippen molar-refractivity contribution in [2.24, 2.45) is 0 Å². The number of benzene rings is 1. The molecule has 1 fully saturated rings. The fraction of sp³-hybridized carbons (Fsp3) is 0.222. The Morgan fingerprint density at radius 3 is 2.32 bits per heavy atom. The summed E-state index contributed by atoms with van der Waals surface area (Å²) in [5.74, 6) is 3.06. The number of nitrogens with zero attached hydrogens (tertiary/aromatic N) is 1. The Morgan fingerprint density at radius 1 is 1.08 bits per heavy atom. The highest BCUT2D eigenvalue weighted by Gasteiger charge is 2.28. The number of rotatable bonds is 5. The van der Waals surface area contributed by atoms with Crippen LogP contribution >= 0.6 is 24.4 Å². The monoisotopic (exact) mass is 375 g/mol. The molecule has 25 heavy (non-hydrogen) atoms. The molecule has 0 radical (unpaired) electrons. The van der Waals surface area contributed by atoms with Crippen LogP contribution in [0.15, 0.2) is 40.5 Å². The van der Waals surface area contributed by atoms with Crippen LogP contribution in [0.3, 0.4) is 0 Å². The normalized spacial score (nSPS) is 15.6. The van der Waals surface area contributed by atoms with Crippen LogP contribution in [0.1, 0.15) is 12.7 Å². The van der Waals surface area contributed by atoms with Gasteiger partial charge in [-0.25, -0.2) is 0 Å². The highest BCUT2D eigenvalue weighted by Crippen LogP contribution is 2.39. The summed E-state index contributed by atoms with van der Waals surface area (Å²) in [4.78, 5) is 2.31. The molecule has 1 aromatic carbocycles. The van der Waals surface area contributed by atoms with E-state index in [0.29, 0.717) is 45.5 Å². The van der Waals surface area contributed by atoms with Crippen LogP contribution in [0.2, 0.25) is 0 Å². The number of ether oxygens (including phenoxy) is 3. The topological polar surface area (TPSA) is 44.1 Å². The van der Waals surface area contributed by atoms with Gasteiger partial charge in [-0.15, -0.1) is 0 Å². The highest BCUT2D eigenvalue weighted by molar-refractivity contribution is 7.82. The van der Waals surface area contributed by atoms with Gasteiger partial charge in [0.2, 0.25) is 0 Å². The Bertz CT molecular complexity index is 834. The molecule has 1 aromatic heterocycles. The van der Waals surface area contributed by atoms with Gasteiger partial charge in [0.1, 0.15) is 28.6 Å². The zero-order valence-corrected chi connectivity index (χ0v) is 15.7. The molecule has 0 spiro atoms. The van der Waals surface area contributed by atoms with Crippen LogP contribution in [0.25, 0.3) is 17.4 Å². The van der Waals surface area contributed by atoms with Gasteiger partial charge in [0, 0.05) is 12.6 Å². The molecule has 0 N–H and O–H groups in total. The van der Waals surface area contributed by atoms with Crippen molar-refractivity contribution in [2.75, 3.05) is 20.8 Å². The van der Waals surface area contributed by atoms with E-state index in [1.807, 2.05) is 37.3 Å². The number of hydrogen-bond donors (Lipinski definition) is 0. The van der Waals surface area contributed by atoms with Crippen LogP contribution in [0, 0.1) is 0 Å². The maximum absolute atomic E-state index is 5.93. The molecule has 0 unspecified atom stereocenters. The van der Waals surface area contributed by atoms with Gasteiger partial charge in [-0.3, -0.25) is 4.90 Å². The van der Waals surface area contributed by atoms with Crippen molar-refractivity contribution in [2.45, 2.75) is 6.92 Å². The molecule has 2 aromatic rings. The average molecular weight is 375 g/mol. The number of likely N-dealkylation sites (N-methyl/N-ethyl adjacent to an activating group) is 1. The van der Waals surface area contributed by atoms with E-state index in [1.54, 1.807) is 25.2 Å². The molecule has 0 atom stereocenters. The SMILES string of the molecule is CCN1C(=S)O/C(=C/c2ccc(-c3c(OC)cccc3OC)o2)C1=S. The molecule has 1 saturated heterocycles. The number of furan rings is 1. The summed E-state index contributed by atoms with van der Waals surface area (Å²) in [7, 11) is 3.21. The molecule has 1 aliphatic heterocycles. The maximum atomic E-state index is 5.93. The van der Waals surface area contributed by atoms with E-state index < -0.39 is 0 Å². The number of hydrogen-bond acceptors (Lipinski definition) is 6. The van der Waals surface area contributed by atoms with E-state index in [-0.39, 0.29) is 0 Å². The minimum absolute atomic E-state index is 0.358. The van der Waals surface area contributed by atoms with Crippen molar-refractivity contribution in [3.05, 3.63) is 41.9 Å². The van der Waals surface area contributed by atoms with Crippen molar-refractivity contribution in [1.29, 1.82) is 0 Å². The quantitative estimate of drug-likeness (QED) is 0.571. The van der Waals surface area contributed by atoms with Gasteiger partial charge >= 0.3 is 0 Å². The second-order valence-electron chi connectivity index (χ2n) is 5.17. The van der Waals surface area contributed by atoms with Crippen molar-refractivity contribution >= 4 is 40.7 Å². The Hall–Kier alpha value is -2.38. The molecular formula is C18H17NO4S2. The Kier molecular flexibility index (Phi) is 5.06. The molecule has 5 nitrogen and oxygen atoms in total. The smallest absolute Gasteiger partial charge is 0.270 e. The summed E-state index contributed by atoms with van der Waals surface area (Å²) in [6, 6.07) is 9.24. The Balaban J connectivity index is 1.96. The maximum Gasteiger partial charge on any atom is 0.270 e. The minimum Gasteiger partial charge on any atom is -0.496 e. The molecule has 0 saturated carbocycles. The first kappa shape index (κ1) is 17.4.